The van der Waals surface area contributed by atoms with Crippen LogP contribution in [0, 0.1) is 0 Å². The van der Waals surface area contributed by atoms with Crippen molar-refractivity contribution < 1.29 is 4.79 Å². The van der Waals surface area contributed by atoms with Crippen molar-refractivity contribution in [2.45, 2.75) is 6.04 Å². The minimum Gasteiger partial charge on any atom is -0.376 e. The number of nitrogens with zero attached hydrogens (tertiary/aromatic N) is 2. The highest BCUT2D eigenvalue weighted by molar-refractivity contribution is 9.10. The maximum Gasteiger partial charge on any atom is 0.251 e. The monoisotopic (exact) mass is 346 g/mol. The van der Waals surface area contributed by atoms with Crippen LogP contribution in [0.15, 0.2) is 41.1 Å². The van der Waals surface area contributed by atoms with Gasteiger partial charge in [-0.25, -0.2) is 0 Å². The van der Waals surface area contributed by atoms with E-state index in [-0.39, 0.29) is 5.91 Å². The third-order valence-electron chi connectivity index (χ3n) is 3.43. The van der Waals surface area contributed by atoms with Crippen molar-refractivity contribution in [1.29, 1.82) is 0 Å². The summed E-state index contributed by atoms with van der Waals surface area (Å²) in [6.45, 7) is 0. The van der Waals surface area contributed by atoms with E-state index < -0.39 is 6.04 Å². The zero-order valence-electron chi connectivity index (χ0n) is 11.7. The van der Waals surface area contributed by atoms with Gasteiger partial charge in [-0.15, -0.1) is 0 Å². The van der Waals surface area contributed by atoms with Crippen LogP contribution in [0.2, 0.25) is 0 Å². The fourth-order valence-corrected chi connectivity index (χ4v) is 2.78. The average molecular weight is 347 g/mol. The molecule has 1 aliphatic heterocycles. The van der Waals surface area contributed by atoms with Gasteiger partial charge in [-0.05, 0) is 18.2 Å². The molecular weight excluding hydrogens is 332 g/mol. The molecule has 1 aromatic heterocycles. The lowest BCUT2D eigenvalue weighted by atomic mass is 10.1. The fraction of sp³-hybridized carbons (Fsp3) is 0.200. The Labute approximate surface area is 131 Å². The van der Waals surface area contributed by atoms with Crippen LogP contribution in [0.4, 0.5) is 17.1 Å². The number of aromatic nitrogens is 1. The van der Waals surface area contributed by atoms with Gasteiger partial charge in [0.1, 0.15) is 6.04 Å². The maximum absolute atomic E-state index is 12.2. The third kappa shape index (κ3) is 2.58. The molecule has 1 aliphatic rings. The standard InChI is InChI=1S/C15H15BrN4O/c1-20(2)13-5-6-17-8-12(13)18-14-10-4-3-9(16)7-11(10)19-15(14)21/h3-8,14,18H,1-2H3,(H,19,21). The van der Waals surface area contributed by atoms with Crippen LogP contribution in [-0.2, 0) is 4.79 Å². The second-order valence-electron chi connectivity index (χ2n) is 5.09. The Bertz CT molecular complexity index is 702. The van der Waals surface area contributed by atoms with E-state index in [4.69, 9.17) is 0 Å². The van der Waals surface area contributed by atoms with Crippen LogP contribution in [0.1, 0.15) is 11.6 Å². The lowest BCUT2D eigenvalue weighted by Crippen LogP contribution is -2.21. The Morgan fingerprint density at radius 2 is 2.14 bits per heavy atom. The quantitative estimate of drug-likeness (QED) is 0.896. The van der Waals surface area contributed by atoms with Gasteiger partial charge in [0.05, 0.1) is 17.6 Å². The first-order valence-corrected chi connectivity index (χ1v) is 7.34. The molecule has 2 aromatic rings. The molecule has 1 unspecified atom stereocenters. The minimum atomic E-state index is -0.406. The van der Waals surface area contributed by atoms with Gasteiger partial charge < -0.3 is 15.5 Å². The van der Waals surface area contributed by atoms with E-state index in [9.17, 15) is 4.79 Å². The van der Waals surface area contributed by atoms with Gasteiger partial charge in [-0.2, -0.15) is 0 Å². The van der Waals surface area contributed by atoms with Crippen molar-refractivity contribution in [2.24, 2.45) is 0 Å². The van der Waals surface area contributed by atoms with Crippen LogP contribution in [0.25, 0.3) is 0 Å². The number of fused-ring (bicyclic) bond motifs is 1. The number of hydrogen-bond acceptors (Lipinski definition) is 4. The van der Waals surface area contributed by atoms with Crippen LogP contribution in [0.3, 0.4) is 0 Å². The summed E-state index contributed by atoms with van der Waals surface area (Å²) in [7, 11) is 3.92. The van der Waals surface area contributed by atoms with Crippen LogP contribution < -0.4 is 15.5 Å². The SMILES string of the molecule is CN(C)c1ccncc1NC1C(=O)Nc2cc(Br)ccc21. The normalized spacial score (nSPS) is 16.3. The van der Waals surface area contributed by atoms with Crippen molar-refractivity contribution in [2.75, 3.05) is 29.6 Å². The number of amides is 1. The fourth-order valence-electron chi connectivity index (χ4n) is 2.42. The number of hydrogen-bond donors (Lipinski definition) is 2. The molecule has 0 aliphatic carbocycles. The summed E-state index contributed by atoms with van der Waals surface area (Å²) in [6, 6.07) is 7.30. The van der Waals surface area contributed by atoms with Gasteiger partial charge >= 0.3 is 0 Å². The summed E-state index contributed by atoms with van der Waals surface area (Å²) >= 11 is 3.41. The van der Waals surface area contributed by atoms with Crippen molar-refractivity contribution in [1.82, 2.24) is 4.98 Å². The number of anilines is 3. The highest BCUT2D eigenvalue weighted by Gasteiger charge is 2.31. The predicted molar refractivity (Wildman–Crippen MR) is 87.7 cm³/mol. The molecule has 3 rings (SSSR count). The molecule has 0 saturated carbocycles. The summed E-state index contributed by atoms with van der Waals surface area (Å²) in [5, 5.41) is 6.18. The molecule has 108 valence electrons. The first kappa shape index (κ1) is 13.9. The van der Waals surface area contributed by atoms with Gasteiger partial charge in [0.2, 0.25) is 0 Å². The van der Waals surface area contributed by atoms with E-state index in [1.54, 1.807) is 12.4 Å². The van der Waals surface area contributed by atoms with E-state index >= 15 is 0 Å². The first-order valence-electron chi connectivity index (χ1n) is 6.54. The molecule has 2 heterocycles. The van der Waals surface area contributed by atoms with E-state index in [2.05, 4.69) is 31.5 Å². The van der Waals surface area contributed by atoms with Crippen molar-refractivity contribution >= 4 is 38.9 Å². The largest absolute Gasteiger partial charge is 0.376 e. The van der Waals surface area contributed by atoms with Crippen molar-refractivity contribution in [3.05, 3.63) is 46.7 Å². The molecule has 6 heteroatoms. The summed E-state index contributed by atoms with van der Waals surface area (Å²) in [4.78, 5) is 18.3. The second-order valence-corrected chi connectivity index (χ2v) is 6.00. The lowest BCUT2D eigenvalue weighted by Gasteiger charge is -2.20. The smallest absolute Gasteiger partial charge is 0.251 e. The highest BCUT2D eigenvalue weighted by Crippen LogP contribution is 2.36. The zero-order chi connectivity index (χ0) is 15.0. The predicted octanol–water partition coefficient (Wildman–Crippen LogP) is 3.02. The number of rotatable bonds is 3. The number of carbonyl (C=O) groups is 1. The number of halogens is 1. The molecular formula is C15H15BrN4O. The van der Waals surface area contributed by atoms with E-state index in [1.807, 2.05) is 43.3 Å². The summed E-state index contributed by atoms with van der Waals surface area (Å²) in [5.74, 6) is -0.0586. The molecule has 1 atom stereocenters. The summed E-state index contributed by atoms with van der Waals surface area (Å²) in [5.41, 5.74) is 3.60. The molecule has 0 fully saturated rings. The topological polar surface area (TPSA) is 57.3 Å². The Hall–Kier alpha value is -2.08. The number of carbonyl (C=O) groups excluding carboxylic acids is 1. The number of pyridine rings is 1. The van der Waals surface area contributed by atoms with E-state index in [0.29, 0.717) is 0 Å². The number of benzene rings is 1. The molecule has 1 aromatic carbocycles. The zero-order valence-corrected chi connectivity index (χ0v) is 13.3. The molecule has 0 spiro atoms. The molecule has 0 radical (unpaired) electrons. The van der Waals surface area contributed by atoms with Gasteiger partial charge in [-0.3, -0.25) is 9.78 Å². The Morgan fingerprint density at radius 1 is 1.33 bits per heavy atom. The lowest BCUT2D eigenvalue weighted by molar-refractivity contribution is -0.116. The van der Waals surface area contributed by atoms with Crippen LogP contribution >= 0.6 is 15.9 Å². The first-order chi connectivity index (χ1) is 10.1. The Kier molecular flexibility index (Phi) is 3.55. The van der Waals surface area contributed by atoms with Crippen LogP contribution in [-0.4, -0.2) is 25.0 Å². The van der Waals surface area contributed by atoms with Gasteiger partial charge in [-0.1, -0.05) is 22.0 Å². The molecule has 21 heavy (non-hydrogen) atoms. The van der Waals surface area contributed by atoms with Crippen LogP contribution in [0.5, 0.6) is 0 Å². The van der Waals surface area contributed by atoms with E-state index in [0.717, 1.165) is 27.1 Å². The molecule has 5 nitrogen and oxygen atoms in total. The molecule has 0 saturated heterocycles. The van der Waals surface area contributed by atoms with Crippen molar-refractivity contribution in [3.63, 3.8) is 0 Å². The Morgan fingerprint density at radius 3 is 2.90 bits per heavy atom. The molecule has 1 amide bonds. The van der Waals surface area contributed by atoms with Crippen molar-refractivity contribution in [3.8, 4) is 0 Å². The minimum absolute atomic E-state index is 0.0586. The summed E-state index contributed by atoms with van der Waals surface area (Å²) < 4.78 is 0.942. The molecule has 2 N–H and O–H groups in total. The molecule has 0 bridgehead atoms. The second kappa shape index (κ2) is 5.37. The summed E-state index contributed by atoms with van der Waals surface area (Å²) in [6.07, 6.45) is 3.47. The van der Waals surface area contributed by atoms with Gasteiger partial charge in [0.15, 0.2) is 0 Å². The number of nitrogens with one attached hydrogen (secondary N) is 2. The highest BCUT2D eigenvalue weighted by atomic mass is 79.9. The van der Waals surface area contributed by atoms with Gasteiger partial charge in [0.25, 0.3) is 5.91 Å². The van der Waals surface area contributed by atoms with E-state index in [1.165, 1.54) is 0 Å². The third-order valence-corrected chi connectivity index (χ3v) is 3.92. The maximum atomic E-state index is 12.2. The average Bonchev–Trinajstić information content (AvgIpc) is 2.74. The van der Waals surface area contributed by atoms with Gasteiger partial charge in [0, 0.05) is 36.0 Å². The Balaban J connectivity index is 1.95.